The molecule has 0 aliphatic carbocycles. The molecular weight excluding hydrogens is 254 g/mol. The van der Waals surface area contributed by atoms with Gasteiger partial charge in [-0.2, -0.15) is 0 Å². The van der Waals surface area contributed by atoms with Crippen molar-refractivity contribution in [3.63, 3.8) is 0 Å². The van der Waals surface area contributed by atoms with E-state index in [9.17, 15) is 0 Å². The Kier molecular flexibility index (Phi) is 8.83. The number of hydrogen-bond donors (Lipinski definition) is 1. The maximum Gasteiger partial charge on any atom is 0.161 e. The number of rotatable bonds is 11. The molecule has 1 aromatic carbocycles. The van der Waals surface area contributed by atoms with Crippen molar-refractivity contribution in [1.82, 2.24) is 5.32 Å². The van der Waals surface area contributed by atoms with Crippen molar-refractivity contribution in [2.75, 3.05) is 33.0 Å². The highest BCUT2D eigenvalue weighted by Crippen LogP contribution is 2.26. The molecule has 0 amide bonds. The topological polar surface area (TPSA) is 39.7 Å². The monoisotopic (exact) mass is 281 g/mol. The van der Waals surface area contributed by atoms with E-state index in [0.29, 0.717) is 32.5 Å². The molecule has 0 bridgehead atoms. The lowest BCUT2D eigenvalue weighted by molar-refractivity contribution is 0.0991. The average molecular weight is 281 g/mol. The summed E-state index contributed by atoms with van der Waals surface area (Å²) in [7, 11) is 0. The molecule has 1 unspecified atom stereocenters. The Morgan fingerprint density at radius 2 is 1.70 bits per heavy atom. The molecule has 1 rings (SSSR count). The summed E-state index contributed by atoms with van der Waals surface area (Å²) >= 11 is 0. The van der Waals surface area contributed by atoms with Gasteiger partial charge in [-0.05, 0) is 32.4 Å². The van der Waals surface area contributed by atoms with Crippen LogP contribution in [-0.4, -0.2) is 39.0 Å². The Morgan fingerprint density at radius 3 is 2.35 bits per heavy atom. The van der Waals surface area contributed by atoms with Crippen molar-refractivity contribution in [2.45, 2.75) is 33.2 Å². The molecule has 0 radical (unpaired) electrons. The van der Waals surface area contributed by atoms with Crippen molar-refractivity contribution >= 4 is 0 Å². The maximum absolute atomic E-state index is 5.67. The molecule has 0 aromatic heterocycles. The van der Waals surface area contributed by atoms with Gasteiger partial charge >= 0.3 is 0 Å². The van der Waals surface area contributed by atoms with Gasteiger partial charge in [0.1, 0.15) is 6.61 Å². The Labute approximate surface area is 122 Å². The van der Waals surface area contributed by atoms with E-state index in [1.807, 2.05) is 31.2 Å². The third-order valence-corrected chi connectivity index (χ3v) is 2.99. The van der Waals surface area contributed by atoms with E-state index in [1.165, 1.54) is 0 Å². The lowest BCUT2D eigenvalue weighted by Gasteiger charge is -2.13. The molecule has 0 spiro atoms. The Balaban J connectivity index is 2.12. The highest BCUT2D eigenvalue weighted by Gasteiger charge is 2.02. The van der Waals surface area contributed by atoms with Crippen molar-refractivity contribution < 1.29 is 14.2 Å². The fourth-order valence-corrected chi connectivity index (χ4v) is 1.68. The average Bonchev–Trinajstić information content (AvgIpc) is 2.47. The Hall–Kier alpha value is -1.26. The number of para-hydroxylation sites is 2. The summed E-state index contributed by atoms with van der Waals surface area (Å²) < 4.78 is 16.7. The van der Waals surface area contributed by atoms with Crippen LogP contribution < -0.4 is 14.8 Å². The van der Waals surface area contributed by atoms with Gasteiger partial charge in [-0.15, -0.1) is 0 Å². The fraction of sp³-hybridized carbons (Fsp3) is 0.625. The van der Waals surface area contributed by atoms with Gasteiger partial charge < -0.3 is 19.5 Å². The van der Waals surface area contributed by atoms with Crippen LogP contribution >= 0.6 is 0 Å². The van der Waals surface area contributed by atoms with Gasteiger partial charge in [0, 0.05) is 12.6 Å². The molecule has 4 heteroatoms. The lowest BCUT2D eigenvalue weighted by Crippen LogP contribution is -2.29. The molecule has 1 N–H and O–H groups in total. The molecule has 0 aliphatic heterocycles. The van der Waals surface area contributed by atoms with Gasteiger partial charge in [-0.3, -0.25) is 0 Å². The quantitative estimate of drug-likeness (QED) is 0.633. The zero-order valence-electron chi connectivity index (χ0n) is 12.9. The van der Waals surface area contributed by atoms with Crippen molar-refractivity contribution in [1.29, 1.82) is 0 Å². The minimum atomic E-state index is 0.535. The molecule has 0 saturated carbocycles. The Morgan fingerprint density at radius 1 is 1.00 bits per heavy atom. The zero-order chi connectivity index (χ0) is 14.6. The molecule has 0 aliphatic rings. The standard InChI is InChI=1S/C16H27NO3/c1-4-14(3)17-10-11-18-12-13-20-16-9-7-6-8-15(16)19-5-2/h6-9,14,17H,4-5,10-13H2,1-3H3. The van der Waals surface area contributed by atoms with Crippen LogP contribution in [-0.2, 0) is 4.74 Å². The van der Waals surface area contributed by atoms with Crippen LogP contribution in [0.3, 0.4) is 0 Å². The van der Waals surface area contributed by atoms with E-state index in [0.717, 1.165) is 24.5 Å². The summed E-state index contributed by atoms with van der Waals surface area (Å²) in [6, 6.07) is 8.25. The molecule has 20 heavy (non-hydrogen) atoms. The van der Waals surface area contributed by atoms with E-state index in [-0.39, 0.29) is 0 Å². The zero-order valence-corrected chi connectivity index (χ0v) is 12.9. The molecular formula is C16H27NO3. The largest absolute Gasteiger partial charge is 0.490 e. The summed E-state index contributed by atoms with van der Waals surface area (Å²) in [5, 5.41) is 3.38. The van der Waals surface area contributed by atoms with Crippen LogP contribution in [0.5, 0.6) is 11.5 Å². The molecule has 4 nitrogen and oxygen atoms in total. The summed E-state index contributed by atoms with van der Waals surface area (Å²) in [5.74, 6) is 1.56. The first-order chi connectivity index (χ1) is 9.77. The first-order valence-electron chi connectivity index (χ1n) is 7.43. The molecule has 0 fully saturated rings. The van der Waals surface area contributed by atoms with Crippen molar-refractivity contribution in [2.24, 2.45) is 0 Å². The van der Waals surface area contributed by atoms with Crippen LogP contribution in [0.2, 0.25) is 0 Å². The summed E-state index contributed by atoms with van der Waals surface area (Å²) in [4.78, 5) is 0. The molecule has 0 saturated heterocycles. The van der Waals surface area contributed by atoms with Gasteiger partial charge in [0.05, 0.1) is 19.8 Å². The second-order valence-electron chi connectivity index (χ2n) is 4.60. The van der Waals surface area contributed by atoms with Crippen molar-refractivity contribution in [3.05, 3.63) is 24.3 Å². The van der Waals surface area contributed by atoms with Crippen LogP contribution in [0.1, 0.15) is 27.2 Å². The second kappa shape index (κ2) is 10.5. The summed E-state index contributed by atoms with van der Waals surface area (Å²) in [6.07, 6.45) is 1.14. The van der Waals surface area contributed by atoms with Crippen LogP contribution in [0.4, 0.5) is 0 Å². The number of nitrogens with one attached hydrogen (secondary N) is 1. The van der Waals surface area contributed by atoms with Crippen LogP contribution in [0.25, 0.3) is 0 Å². The smallest absolute Gasteiger partial charge is 0.161 e. The van der Waals surface area contributed by atoms with Gasteiger partial charge in [0.15, 0.2) is 11.5 Å². The number of benzene rings is 1. The van der Waals surface area contributed by atoms with E-state index in [1.54, 1.807) is 0 Å². The van der Waals surface area contributed by atoms with Crippen LogP contribution in [0, 0.1) is 0 Å². The summed E-state index contributed by atoms with van der Waals surface area (Å²) in [6.45, 7) is 9.65. The molecule has 114 valence electrons. The highest BCUT2D eigenvalue weighted by atomic mass is 16.5. The molecule has 1 atom stereocenters. The van der Waals surface area contributed by atoms with E-state index in [2.05, 4.69) is 19.2 Å². The molecule has 0 heterocycles. The normalized spacial score (nSPS) is 12.2. The predicted molar refractivity (Wildman–Crippen MR) is 81.7 cm³/mol. The molecule has 1 aromatic rings. The van der Waals surface area contributed by atoms with Crippen molar-refractivity contribution in [3.8, 4) is 11.5 Å². The third kappa shape index (κ3) is 6.78. The maximum atomic E-state index is 5.67. The number of ether oxygens (including phenoxy) is 3. The van der Waals surface area contributed by atoms with Gasteiger partial charge in [0.25, 0.3) is 0 Å². The first kappa shape index (κ1) is 16.8. The third-order valence-electron chi connectivity index (χ3n) is 2.99. The minimum Gasteiger partial charge on any atom is -0.490 e. The van der Waals surface area contributed by atoms with Crippen LogP contribution in [0.15, 0.2) is 24.3 Å². The van der Waals surface area contributed by atoms with E-state index >= 15 is 0 Å². The highest BCUT2D eigenvalue weighted by molar-refractivity contribution is 5.39. The van der Waals surface area contributed by atoms with Gasteiger partial charge in [0.2, 0.25) is 0 Å². The first-order valence-corrected chi connectivity index (χ1v) is 7.43. The SMILES string of the molecule is CCOc1ccccc1OCCOCCNC(C)CC. The fourth-order valence-electron chi connectivity index (χ4n) is 1.68. The summed E-state index contributed by atoms with van der Waals surface area (Å²) in [5.41, 5.74) is 0. The van der Waals surface area contributed by atoms with E-state index in [4.69, 9.17) is 14.2 Å². The second-order valence-corrected chi connectivity index (χ2v) is 4.60. The van der Waals surface area contributed by atoms with Gasteiger partial charge in [-0.1, -0.05) is 19.1 Å². The lowest BCUT2D eigenvalue weighted by atomic mass is 10.3. The Bertz CT molecular complexity index is 357. The van der Waals surface area contributed by atoms with E-state index < -0.39 is 0 Å². The predicted octanol–water partition coefficient (Wildman–Crippen LogP) is 2.87. The van der Waals surface area contributed by atoms with Gasteiger partial charge in [-0.25, -0.2) is 0 Å². The minimum absolute atomic E-state index is 0.535. The number of hydrogen-bond acceptors (Lipinski definition) is 4.